The largest absolute Gasteiger partial charge is 0.297 e. The highest BCUT2D eigenvalue weighted by Gasteiger charge is 2.08. The van der Waals surface area contributed by atoms with Gasteiger partial charge in [-0.25, -0.2) is 0 Å². The first-order valence-electron chi connectivity index (χ1n) is 4.28. The minimum atomic E-state index is 0.183. The van der Waals surface area contributed by atoms with Crippen molar-refractivity contribution in [3.8, 4) is 0 Å². The third kappa shape index (κ3) is 3.25. The van der Waals surface area contributed by atoms with Gasteiger partial charge in [-0.15, -0.1) is 0 Å². The van der Waals surface area contributed by atoms with Gasteiger partial charge in [-0.1, -0.05) is 39.7 Å². The van der Waals surface area contributed by atoms with E-state index in [1.165, 1.54) is 0 Å². The van der Waals surface area contributed by atoms with Crippen molar-refractivity contribution in [3.05, 3.63) is 35.9 Å². The number of hydrogen-bond acceptors (Lipinski definition) is 2. The second-order valence-electron chi connectivity index (χ2n) is 3.06. The highest BCUT2D eigenvalue weighted by atomic mass is 31.0. The lowest BCUT2D eigenvalue weighted by atomic mass is 10.1. The molecule has 0 aliphatic carbocycles. The Labute approximate surface area is 81.0 Å². The Morgan fingerprint density at radius 3 is 2.62 bits per heavy atom. The van der Waals surface area contributed by atoms with Gasteiger partial charge < -0.3 is 0 Å². The zero-order valence-electron chi connectivity index (χ0n) is 7.66. The van der Waals surface area contributed by atoms with Crippen molar-refractivity contribution in [2.45, 2.75) is 19.4 Å². The molecule has 1 N–H and O–H groups in total. The standard InChI is InChI=1S/C10H14NOP/c1-8(11-13)7-10(12)9-5-3-2-4-6-9/h2-6,8,11H,7,13H2,1H3. The molecule has 0 aliphatic heterocycles. The molecule has 0 saturated heterocycles. The predicted octanol–water partition coefficient (Wildman–Crippen LogP) is 2.03. The van der Waals surface area contributed by atoms with E-state index in [1.807, 2.05) is 37.3 Å². The summed E-state index contributed by atoms with van der Waals surface area (Å²) in [5.74, 6) is 0.183. The normalized spacial score (nSPS) is 12.5. The van der Waals surface area contributed by atoms with Crippen LogP contribution < -0.4 is 5.09 Å². The Morgan fingerprint density at radius 2 is 2.08 bits per heavy atom. The molecule has 1 aromatic rings. The van der Waals surface area contributed by atoms with Gasteiger partial charge in [-0.2, -0.15) is 0 Å². The van der Waals surface area contributed by atoms with Crippen molar-refractivity contribution in [3.63, 3.8) is 0 Å². The zero-order valence-corrected chi connectivity index (χ0v) is 8.81. The van der Waals surface area contributed by atoms with Crippen LogP contribution in [-0.4, -0.2) is 11.8 Å². The maximum absolute atomic E-state index is 11.6. The van der Waals surface area contributed by atoms with Crippen LogP contribution in [0.3, 0.4) is 0 Å². The van der Waals surface area contributed by atoms with E-state index in [1.54, 1.807) is 0 Å². The topological polar surface area (TPSA) is 29.1 Å². The Balaban J connectivity index is 2.59. The molecule has 0 aliphatic rings. The van der Waals surface area contributed by atoms with E-state index in [0.717, 1.165) is 5.56 Å². The fourth-order valence-corrected chi connectivity index (χ4v) is 1.20. The number of Topliss-reactive ketones (excluding diaryl/α,β-unsaturated/α-hetero) is 1. The predicted molar refractivity (Wildman–Crippen MR) is 57.7 cm³/mol. The number of nitrogens with one attached hydrogen (secondary N) is 1. The molecular formula is C10H14NOP. The van der Waals surface area contributed by atoms with Crippen molar-refractivity contribution < 1.29 is 4.79 Å². The van der Waals surface area contributed by atoms with E-state index < -0.39 is 0 Å². The Bertz CT molecular complexity index is 274. The summed E-state index contributed by atoms with van der Waals surface area (Å²) in [5.41, 5.74) is 0.787. The molecule has 0 bridgehead atoms. The van der Waals surface area contributed by atoms with Crippen LogP contribution >= 0.6 is 9.39 Å². The summed E-state index contributed by atoms with van der Waals surface area (Å²) in [7, 11) is 2.42. The first-order chi connectivity index (χ1) is 6.24. The van der Waals surface area contributed by atoms with Crippen LogP contribution in [0.15, 0.2) is 30.3 Å². The zero-order chi connectivity index (χ0) is 9.68. The molecule has 2 unspecified atom stereocenters. The Morgan fingerprint density at radius 1 is 1.46 bits per heavy atom. The number of rotatable bonds is 4. The van der Waals surface area contributed by atoms with E-state index in [9.17, 15) is 4.79 Å². The van der Waals surface area contributed by atoms with Crippen molar-refractivity contribution in [1.82, 2.24) is 5.09 Å². The second-order valence-corrected chi connectivity index (χ2v) is 3.39. The molecule has 2 nitrogen and oxygen atoms in total. The van der Waals surface area contributed by atoms with E-state index in [-0.39, 0.29) is 11.8 Å². The van der Waals surface area contributed by atoms with Gasteiger partial charge in [-0.05, 0) is 6.92 Å². The van der Waals surface area contributed by atoms with Crippen molar-refractivity contribution in [2.24, 2.45) is 0 Å². The summed E-state index contributed by atoms with van der Waals surface area (Å²) < 4.78 is 0. The van der Waals surface area contributed by atoms with Crippen LogP contribution in [0.2, 0.25) is 0 Å². The fraction of sp³-hybridized carbons (Fsp3) is 0.300. The SMILES string of the molecule is CC(CC(=O)c1ccccc1)NP. The third-order valence-corrected chi connectivity index (χ3v) is 2.44. The average Bonchev–Trinajstić information content (AvgIpc) is 2.19. The fourth-order valence-electron chi connectivity index (χ4n) is 1.08. The molecule has 0 fully saturated rings. The van der Waals surface area contributed by atoms with Gasteiger partial charge >= 0.3 is 0 Å². The lowest BCUT2D eigenvalue weighted by Crippen LogP contribution is -2.19. The van der Waals surface area contributed by atoms with Gasteiger partial charge in [0.25, 0.3) is 0 Å². The highest BCUT2D eigenvalue weighted by molar-refractivity contribution is 7.13. The van der Waals surface area contributed by atoms with E-state index in [0.29, 0.717) is 6.42 Å². The average molecular weight is 195 g/mol. The maximum atomic E-state index is 11.6. The van der Waals surface area contributed by atoms with Gasteiger partial charge in [0, 0.05) is 18.0 Å². The monoisotopic (exact) mass is 195 g/mol. The van der Waals surface area contributed by atoms with Crippen molar-refractivity contribution in [2.75, 3.05) is 0 Å². The summed E-state index contributed by atoms with van der Waals surface area (Å²) in [5, 5.41) is 2.96. The molecule has 70 valence electrons. The Kier molecular flexibility index (Phi) is 4.07. The van der Waals surface area contributed by atoms with Crippen LogP contribution in [0.4, 0.5) is 0 Å². The van der Waals surface area contributed by atoms with Gasteiger partial charge in [0.05, 0.1) is 0 Å². The number of ketones is 1. The van der Waals surface area contributed by atoms with E-state index in [4.69, 9.17) is 0 Å². The van der Waals surface area contributed by atoms with Crippen molar-refractivity contribution >= 4 is 15.2 Å². The van der Waals surface area contributed by atoms with Gasteiger partial charge in [0.2, 0.25) is 0 Å². The molecule has 1 aromatic carbocycles. The van der Waals surface area contributed by atoms with Crippen LogP contribution in [-0.2, 0) is 0 Å². The molecule has 3 heteroatoms. The summed E-state index contributed by atoms with van der Waals surface area (Å²) in [6, 6.07) is 9.57. The van der Waals surface area contributed by atoms with Gasteiger partial charge in [-0.3, -0.25) is 9.88 Å². The minimum absolute atomic E-state index is 0.183. The molecule has 0 spiro atoms. The lowest BCUT2D eigenvalue weighted by molar-refractivity contribution is 0.0975. The maximum Gasteiger partial charge on any atom is 0.164 e. The summed E-state index contributed by atoms with van der Waals surface area (Å²) >= 11 is 0. The quantitative estimate of drug-likeness (QED) is 0.588. The number of carbonyl (C=O) groups excluding carboxylic acids is 1. The van der Waals surface area contributed by atoms with Gasteiger partial charge in [0.1, 0.15) is 0 Å². The molecule has 0 amide bonds. The van der Waals surface area contributed by atoms with Crippen LogP contribution in [0.1, 0.15) is 23.7 Å². The number of carbonyl (C=O) groups is 1. The summed E-state index contributed by atoms with van der Waals surface area (Å²) in [4.78, 5) is 11.6. The van der Waals surface area contributed by atoms with Crippen LogP contribution in [0, 0.1) is 0 Å². The number of benzene rings is 1. The van der Waals surface area contributed by atoms with E-state index >= 15 is 0 Å². The summed E-state index contributed by atoms with van der Waals surface area (Å²) in [6.07, 6.45) is 0.535. The second kappa shape index (κ2) is 5.11. The lowest BCUT2D eigenvalue weighted by Gasteiger charge is -2.07. The molecule has 0 aromatic heterocycles. The van der Waals surface area contributed by atoms with Crippen LogP contribution in [0.5, 0.6) is 0 Å². The van der Waals surface area contributed by atoms with Crippen molar-refractivity contribution in [1.29, 1.82) is 0 Å². The molecule has 0 heterocycles. The molecule has 0 radical (unpaired) electrons. The molecular weight excluding hydrogens is 181 g/mol. The third-order valence-electron chi connectivity index (χ3n) is 1.87. The first kappa shape index (κ1) is 10.4. The number of hydrogen-bond donors (Lipinski definition) is 1. The van der Waals surface area contributed by atoms with Crippen LogP contribution in [0.25, 0.3) is 0 Å². The smallest absolute Gasteiger partial charge is 0.164 e. The highest BCUT2D eigenvalue weighted by Crippen LogP contribution is 2.05. The molecule has 2 atom stereocenters. The summed E-state index contributed by atoms with van der Waals surface area (Å²) in [6.45, 7) is 1.98. The van der Waals surface area contributed by atoms with Gasteiger partial charge in [0.15, 0.2) is 5.78 Å². The minimum Gasteiger partial charge on any atom is -0.297 e. The molecule has 1 rings (SSSR count). The Hall–Kier alpha value is -0.720. The molecule has 13 heavy (non-hydrogen) atoms. The first-order valence-corrected chi connectivity index (χ1v) is 4.86. The van der Waals surface area contributed by atoms with E-state index in [2.05, 4.69) is 14.5 Å². The molecule has 0 saturated carbocycles.